The molecule has 0 aliphatic heterocycles. The first-order valence-corrected chi connectivity index (χ1v) is 11.6. The normalized spacial score (nSPS) is 11.2. The van der Waals surface area contributed by atoms with Crippen LogP contribution in [-0.2, 0) is 11.2 Å². The minimum atomic E-state index is -1.30. The zero-order valence-electron chi connectivity index (χ0n) is 20.8. The second-order valence-electron chi connectivity index (χ2n) is 8.82. The fraction of sp³-hybridized carbons (Fsp3) is 0.241. The van der Waals surface area contributed by atoms with Crippen LogP contribution in [0.3, 0.4) is 0 Å². The number of aromatic nitrogens is 1. The number of rotatable bonds is 10. The maximum absolute atomic E-state index is 11.2. The number of hydrogen-bond acceptors (Lipinski definition) is 6. The highest BCUT2D eigenvalue weighted by Gasteiger charge is 2.29. The van der Waals surface area contributed by atoms with Gasteiger partial charge in [-0.15, -0.1) is 0 Å². The van der Waals surface area contributed by atoms with Crippen LogP contribution < -0.4 is 14.2 Å². The van der Waals surface area contributed by atoms with Crippen molar-refractivity contribution in [3.63, 3.8) is 0 Å². The van der Waals surface area contributed by atoms with Gasteiger partial charge >= 0.3 is 5.97 Å². The van der Waals surface area contributed by atoms with Crippen LogP contribution in [0.1, 0.15) is 25.3 Å². The number of methoxy groups -OCH3 is 1. The third-order valence-corrected chi connectivity index (χ3v) is 5.77. The molecule has 4 aromatic rings. The fourth-order valence-corrected chi connectivity index (χ4v) is 3.58. The minimum absolute atomic E-state index is 0.421. The molecular formula is C29H29NO6. The van der Waals surface area contributed by atoms with Crippen LogP contribution in [0.25, 0.3) is 22.6 Å². The van der Waals surface area contributed by atoms with Crippen LogP contribution in [0, 0.1) is 6.92 Å². The second-order valence-corrected chi connectivity index (χ2v) is 8.82. The predicted octanol–water partition coefficient (Wildman–Crippen LogP) is 6.19. The van der Waals surface area contributed by atoms with Gasteiger partial charge in [-0.3, -0.25) is 0 Å². The predicted molar refractivity (Wildman–Crippen MR) is 137 cm³/mol. The molecule has 7 nitrogen and oxygen atoms in total. The molecule has 0 aliphatic rings. The summed E-state index contributed by atoms with van der Waals surface area (Å²) in [5.74, 6) is 2.25. The number of carbonyl (C=O) groups is 1. The summed E-state index contributed by atoms with van der Waals surface area (Å²) in [4.78, 5) is 15.9. The molecule has 0 unspecified atom stereocenters. The van der Waals surface area contributed by atoms with Crippen LogP contribution >= 0.6 is 0 Å². The van der Waals surface area contributed by atoms with Gasteiger partial charge < -0.3 is 23.7 Å². The van der Waals surface area contributed by atoms with Crippen LogP contribution in [0.2, 0.25) is 0 Å². The molecule has 7 heteroatoms. The van der Waals surface area contributed by atoms with Crippen molar-refractivity contribution in [1.29, 1.82) is 0 Å². The molecule has 36 heavy (non-hydrogen) atoms. The number of carboxylic acids is 1. The van der Waals surface area contributed by atoms with Gasteiger partial charge in [0.1, 0.15) is 23.0 Å². The Morgan fingerprint density at radius 3 is 1.97 bits per heavy atom. The molecule has 3 aromatic carbocycles. The summed E-state index contributed by atoms with van der Waals surface area (Å²) in [7, 11) is 1.65. The zero-order valence-corrected chi connectivity index (χ0v) is 20.8. The molecule has 0 saturated heterocycles. The molecule has 1 N–H and O–H groups in total. The Hall–Kier alpha value is -4.26. The Morgan fingerprint density at radius 2 is 1.39 bits per heavy atom. The lowest BCUT2D eigenvalue weighted by atomic mass is 10.0. The number of aryl methyl sites for hydroxylation is 1. The summed E-state index contributed by atoms with van der Waals surface area (Å²) >= 11 is 0. The molecule has 186 valence electrons. The first kappa shape index (κ1) is 24.9. The average Bonchev–Trinajstić information content (AvgIpc) is 3.25. The highest BCUT2D eigenvalue weighted by molar-refractivity contribution is 5.76. The van der Waals surface area contributed by atoms with Crippen LogP contribution in [0.5, 0.6) is 17.2 Å². The summed E-state index contributed by atoms with van der Waals surface area (Å²) < 4.78 is 22.5. The van der Waals surface area contributed by atoms with Gasteiger partial charge in [-0.1, -0.05) is 24.3 Å². The molecule has 0 atom stereocenters. The first-order chi connectivity index (χ1) is 17.2. The van der Waals surface area contributed by atoms with Gasteiger partial charge in [-0.25, -0.2) is 9.78 Å². The van der Waals surface area contributed by atoms with Crippen LogP contribution in [0.15, 0.2) is 77.2 Å². The maximum Gasteiger partial charge on any atom is 0.347 e. The summed E-state index contributed by atoms with van der Waals surface area (Å²) in [5, 5.41) is 9.19. The van der Waals surface area contributed by atoms with E-state index in [9.17, 15) is 9.90 Å². The quantitative estimate of drug-likeness (QED) is 0.285. The van der Waals surface area contributed by atoms with E-state index in [1.165, 1.54) is 13.8 Å². The van der Waals surface area contributed by atoms with E-state index in [-0.39, 0.29) is 0 Å². The van der Waals surface area contributed by atoms with Gasteiger partial charge in [0.25, 0.3) is 0 Å². The second kappa shape index (κ2) is 10.6. The molecule has 1 heterocycles. The third-order valence-electron chi connectivity index (χ3n) is 5.77. The topological polar surface area (TPSA) is 91.0 Å². The molecule has 0 spiro atoms. The Balaban J connectivity index is 1.34. The van der Waals surface area contributed by atoms with Crippen molar-refractivity contribution in [2.45, 2.75) is 32.8 Å². The Labute approximate surface area is 210 Å². The number of ether oxygens (including phenoxy) is 3. The van der Waals surface area contributed by atoms with E-state index in [1.807, 2.05) is 55.5 Å². The van der Waals surface area contributed by atoms with Gasteiger partial charge in [0.05, 0.1) is 19.4 Å². The lowest BCUT2D eigenvalue weighted by Gasteiger charge is -2.21. The molecule has 0 aliphatic carbocycles. The number of hydrogen-bond donors (Lipinski definition) is 1. The number of aliphatic carboxylic acids is 1. The summed E-state index contributed by atoms with van der Waals surface area (Å²) in [5.41, 5.74) is 2.64. The fourth-order valence-electron chi connectivity index (χ4n) is 3.58. The zero-order chi connectivity index (χ0) is 25.7. The Kier molecular flexibility index (Phi) is 7.29. The van der Waals surface area contributed by atoms with E-state index in [1.54, 1.807) is 31.4 Å². The van der Waals surface area contributed by atoms with Crippen molar-refractivity contribution in [2.24, 2.45) is 0 Å². The maximum atomic E-state index is 11.2. The van der Waals surface area contributed by atoms with Crippen molar-refractivity contribution < 1.29 is 28.5 Å². The van der Waals surface area contributed by atoms with Crippen molar-refractivity contribution >= 4 is 5.97 Å². The van der Waals surface area contributed by atoms with Crippen LogP contribution in [-0.4, -0.2) is 35.4 Å². The SMILES string of the molecule is COc1ccc(-c2ccc(-c3nc(CCOc4ccc(OC(C)(C)C(=O)O)cc4)c(C)o3)cc2)cc1. The highest BCUT2D eigenvalue weighted by atomic mass is 16.5. The summed E-state index contributed by atoms with van der Waals surface area (Å²) in [6.45, 7) is 5.32. The number of nitrogens with zero attached hydrogens (tertiary/aromatic N) is 1. The molecule has 0 saturated carbocycles. The van der Waals surface area contributed by atoms with E-state index in [2.05, 4.69) is 4.98 Å². The van der Waals surface area contributed by atoms with E-state index < -0.39 is 11.6 Å². The van der Waals surface area contributed by atoms with Crippen molar-refractivity contribution in [3.05, 3.63) is 84.3 Å². The first-order valence-electron chi connectivity index (χ1n) is 11.6. The standard InChI is InChI=1S/C29H29NO6/c1-19-26(17-18-34-24-13-15-25(16-14-24)36-29(2,3)28(31)32)30-27(35-19)22-7-5-20(6-8-22)21-9-11-23(33-4)12-10-21/h5-16H,17-18H2,1-4H3,(H,31,32). The molecule has 4 rings (SSSR count). The monoisotopic (exact) mass is 487 g/mol. The molecule has 0 radical (unpaired) electrons. The lowest BCUT2D eigenvalue weighted by Crippen LogP contribution is -2.37. The summed E-state index contributed by atoms with van der Waals surface area (Å²) in [6.07, 6.45) is 0.587. The number of benzene rings is 3. The van der Waals surface area contributed by atoms with Gasteiger partial charge in [-0.05, 0) is 80.4 Å². The smallest absolute Gasteiger partial charge is 0.347 e. The lowest BCUT2D eigenvalue weighted by molar-refractivity contribution is -0.152. The molecular weight excluding hydrogens is 458 g/mol. The minimum Gasteiger partial charge on any atom is -0.497 e. The van der Waals surface area contributed by atoms with Gasteiger partial charge in [0.15, 0.2) is 5.60 Å². The largest absolute Gasteiger partial charge is 0.497 e. The number of oxazole rings is 1. The average molecular weight is 488 g/mol. The van der Waals surface area contributed by atoms with E-state index in [0.717, 1.165) is 33.9 Å². The van der Waals surface area contributed by atoms with Crippen molar-refractivity contribution in [1.82, 2.24) is 4.98 Å². The van der Waals surface area contributed by atoms with Crippen molar-refractivity contribution in [3.8, 4) is 39.8 Å². The molecule has 0 bridgehead atoms. The molecule has 0 fully saturated rings. The Morgan fingerprint density at radius 1 is 0.861 bits per heavy atom. The van der Waals surface area contributed by atoms with Gasteiger partial charge in [0, 0.05) is 12.0 Å². The van der Waals surface area contributed by atoms with Gasteiger partial charge in [-0.2, -0.15) is 0 Å². The van der Waals surface area contributed by atoms with E-state index in [4.69, 9.17) is 18.6 Å². The number of carboxylic acid groups (broad SMARTS) is 1. The molecule has 0 amide bonds. The highest BCUT2D eigenvalue weighted by Crippen LogP contribution is 2.27. The molecule has 1 aromatic heterocycles. The van der Waals surface area contributed by atoms with E-state index in [0.29, 0.717) is 30.4 Å². The third kappa shape index (κ3) is 5.86. The van der Waals surface area contributed by atoms with Crippen molar-refractivity contribution in [2.75, 3.05) is 13.7 Å². The van der Waals surface area contributed by atoms with Gasteiger partial charge in [0.2, 0.25) is 5.89 Å². The van der Waals surface area contributed by atoms with Crippen LogP contribution in [0.4, 0.5) is 0 Å². The summed E-state index contributed by atoms with van der Waals surface area (Å²) in [6, 6.07) is 22.9. The Bertz CT molecular complexity index is 1310. The van der Waals surface area contributed by atoms with E-state index >= 15 is 0 Å².